The number of ketones is 1. The van der Waals surface area contributed by atoms with Gasteiger partial charge in [-0.2, -0.15) is 0 Å². The molecule has 0 fully saturated rings. The normalized spacial score (nSPS) is 15.8. The lowest BCUT2D eigenvalue weighted by atomic mass is 9.86. The van der Waals surface area contributed by atoms with E-state index in [-0.39, 0.29) is 5.78 Å². The molecule has 0 unspecified atom stereocenters. The van der Waals surface area contributed by atoms with Gasteiger partial charge in [0.15, 0.2) is 5.78 Å². The van der Waals surface area contributed by atoms with Crippen molar-refractivity contribution < 1.29 is 9.53 Å². The minimum absolute atomic E-state index is 0.0648. The molecule has 0 saturated carbocycles. The number of rotatable bonds is 2. The zero-order valence-electron chi connectivity index (χ0n) is 12.0. The van der Waals surface area contributed by atoms with E-state index in [0.29, 0.717) is 16.5 Å². The molecule has 0 amide bonds. The number of fused-ring (bicyclic) bond motifs is 1. The first-order valence-electron chi connectivity index (χ1n) is 6.95. The highest BCUT2D eigenvalue weighted by atomic mass is 35.5. The van der Waals surface area contributed by atoms with E-state index in [1.54, 1.807) is 19.2 Å². The Bertz CT molecular complexity index is 779. The van der Waals surface area contributed by atoms with Crippen LogP contribution in [0.4, 0.5) is 0 Å². The average molecular weight is 333 g/mol. The van der Waals surface area contributed by atoms with Gasteiger partial charge in [-0.15, -0.1) is 0 Å². The number of halogens is 2. The highest BCUT2D eigenvalue weighted by Crippen LogP contribution is 2.30. The lowest BCUT2D eigenvalue weighted by Crippen LogP contribution is -2.14. The number of allylic oxidation sites excluding steroid dienone is 1. The number of carbonyl (C=O) groups excluding carboxylic acids is 1. The second-order valence-electron chi connectivity index (χ2n) is 5.20. The maximum atomic E-state index is 12.6. The molecule has 0 aromatic heterocycles. The largest absolute Gasteiger partial charge is 0.497 e. The molecule has 0 N–H and O–H groups in total. The van der Waals surface area contributed by atoms with Crippen molar-refractivity contribution in [2.45, 2.75) is 12.8 Å². The summed E-state index contributed by atoms with van der Waals surface area (Å²) in [5.41, 5.74) is 3.46. The Morgan fingerprint density at radius 1 is 1.05 bits per heavy atom. The number of hydrogen-bond donors (Lipinski definition) is 0. The minimum atomic E-state index is 0.0648. The van der Waals surface area contributed by atoms with E-state index in [1.165, 1.54) is 0 Å². The van der Waals surface area contributed by atoms with Crippen LogP contribution in [0.1, 0.15) is 27.9 Å². The average Bonchev–Trinajstić information content (AvgIpc) is 2.53. The second-order valence-corrected chi connectivity index (χ2v) is 6.01. The van der Waals surface area contributed by atoms with Crippen LogP contribution in [0.15, 0.2) is 42.0 Å². The summed E-state index contributed by atoms with van der Waals surface area (Å²) in [6.07, 6.45) is 3.42. The van der Waals surface area contributed by atoms with Crippen molar-refractivity contribution >= 4 is 35.1 Å². The molecular weight excluding hydrogens is 319 g/mol. The van der Waals surface area contributed by atoms with Gasteiger partial charge in [0.2, 0.25) is 0 Å². The number of carbonyl (C=O) groups is 1. The molecule has 0 radical (unpaired) electrons. The molecule has 22 heavy (non-hydrogen) atoms. The van der Waals surface area contributed by atoms with Crippen LogP contribution in [0.5, 0.6) is 5.75 Å². The van der Waals surface area contributed by atoms with Crippen LogP contribution in [0.3, 0.4) is 0 Å². The lowest BCUT2D eigenvalue weighted by molar-refractivity contribution is 0.102. The molecule has 112 valence electrons. The Kier molecular flexibility index (Phi) is 4.23. The molecule has 1 aliphatic carbocycles. The highest BCUT2D eigenvalue weighted by Gasteiger charge is 2.22. The van der Waals surface area contributed by atoms with E-state index in [4.69, 9.17) is 27.9 Å². The highest BCUT2D eigenvalue weighted by molar-refractivity contribution is 6.42. The van der Waals surface area contributed by atoms with Crippen molar-refractivity contribution in [3.63, 3.8) is 0 Å². The third-order valence-electron chi connectivity index (χ3n) is 3.80. The maximum Gasteiger partial charge on any atom is 0.189 e. The molecule has 0 spiro atoms. The number of aryl methyl sites for hydroxylation is 1. The number of benzene rings is 2. The fourth-order valence-electron chi connectivity index (χ4n) is 2.62. The molecule has 0 atom stereocenters. The Morgan fingerprint density at radius 3 is 2.59 bits per heavy atom. The molecule has 0 bridgehead atoms. The second kappa shape index (κ2) is 6.15. The van der Waals surface area contributed by atoms with Crippen molar-refractivity contribution in [3.8, 4) is 5.75 Å². The summed E-state index contributed by atoms with van der Waals surface area (Å²) in [5.74, 6) is 0.846. The van der Waals surface area contributed by atoms with Crippen molar-refractivity contribution in [1.82, 2.24) is 0 Å². The van der Waals surface area contributed by atoms with Crippen LogP contribution in [-0.2, 0) is 6.42 Å². The molecule has 0 saturated heterocycles. The summed E-state index contributed by atoms with van der Waals surface area (Å²) in [7, 11) is 1.63. The van der Waals surface area contributed by atoms with Crippen LogP contribution < -0.4 is 4.74 Å². The monoisotopic (exact) mass is 332 g/mol. The molecule has 2 aromatic rings. The Hall–Kier alpha value is -1.77. The van der Waals surface area contributed by atoms with Crippen LogP contribution >= 0.6 is 23.2 Å². The van der Waals surface area contributed by atoms with Gasteiger partial charge in [0.1, 0.15) is 5.75 Å². The standard InChI is InChI=1S/C18H14Cl2O2/c1-22-14-5-6-15-12(10-14)3-4-13(18(15)21)8-11-2-7-16(19)17(20)9-11/h2,5-10H,3-4H2,1H3/b13-8+. The zero-order valence-corrected chi connectivity index (χ0v) is 13.5. The zero-order chi connectivity index (χ0) is 15.7. The van der Waals surface area contributed by atoms with Crippen molar-refractivity contribution in [2.75, 3.05) is 7.11 Å². The number of hydrogen-bond acceptors (Lipinski definition) is 2. The number of ether oxygens (including phenoxy) is 1. The topological polar surface area (TPSA) is 26.3 Å². The van der Waals surface area contributed by atoms with Crippen LogP contribution in [-0.4, -0.2) is 12.9 Å². The third kappa shape index (κ3) is 2.90. The van der Waals surface area contributed by atoms with Gasteiger partial charge in [-0.25, -0.2) is 0 Å². The SMILES string of the molecule is COc1ccc2c(c1)CC/C(=C\c1ccc(Cl)c(Cl)c1)C2=O. The van der Waals surface area contributed by atoms with Crippen LogP contribution in [0, 0.1) is 0 Å². The summed E-state index contributed by atoms with van der Waals surface area (Å²) < 4.78 is 5.21. The van der Waals surface area contributed by atoms with Gasteiger partial charge in [0, 0.05) is 11.1 Å². The van der Waals surface area contributed by atoms with Gasteiger partial charge in [0.05, 0.1) is 17.2 Å². The van der Waals surface area contributed by atoms with Crippen molar-refractivity contribution in [2.24, 2.45) is 0 Å². The summed E-state index contributed by atoms with van der Waals surface area (Å²) in [5, 5.41) is 1.00. The van der Waals surface area contributed by atoms with E-state index in [0.717, 1.165) is 34.4 Å². The lowest BCUT2D eigenvalue weighted by Gasteiger charge is -2.18. The molecule has 1 aliphatic rings. The van der Waals surface area contributed by atoms with Crippen LogP contribution in [0.25, 0.3) is 6.08 Å². The van der Waals surface area contributed by atoms with Crippen LogP contribution in [0.2, 0.25) is 10.0 Å². The van der Waals surface area contributed by atoms with E-state index in [2.05, 4.69) is 0 Å². The summed E-state index contributed by atoms with van der Waals surface area (Å²) >= 11 is 11.9. The fraction of sp³-hybridized carbons (Fsp3) is 0.167. The van der Waals surface area contributed by atoms with Gasteiger partial charge >= 0.3 is 0 Å². The van der Waals surface area contributed by atoms with Gasteiger partial charge < -0.3 is 4.74 Å². The Labute approximate surface area is 139 Å². The number of Topliss-reactive ketones (excluding diaryl/α,β-unsaturated/α-hetero) is 1. The molecule has 2 nitrogen and oxygen atoms in total. The Balaban J connectivity index is 1.95. The minimum Gasteiger partial charge on any atom is -0.497 e. The van der Waals surface area contributed by atoms with E-state index < -0.39 is 0 Å². The molecule has 2 aromatic carbocycles. The van der Waals surface area contributed by atoms with Gasteiger partial charge in [-0.1, -0.05) is 29.3 Å². The number of methoxy groups -OCH3 is 1. The first-order valence-corrected chi connectivity index (χ1v) is 7.71. The molecule has 3 rings (SSSR count). The van der Waals surface area contributed by atoms with Crippen molar-refractivity contribution in [1.29, 1.82) is 0 Å². The quantitative estimate of drug-likeness (QED) is 0.705. The van der Waals surface area contributed by atoms with Crippen molar-refractivity contribution in [3.05, 3.63) is 68.7 Å². The third-order valence-corrected chi connectivity index (χ3v) is 4.54. The Morgan fingerprint density at radius 2 is 1.86 bits per heavy atom. The summed E-state index contributed by atoms with van der Waals surface area (Å²) in [6, 6.07) is 11.0. The molecule has 0 aliphatic heterocycles. The summed E-state index contributed by atoms with van der Waals surface area (Å²) in [4.78, 5) is 12.6. The van der Waals surface area contributed by atoms with Gasteiger partial charge in [-0.3, -0.25) is 4.79 Å². The predicted molar refractivity (Wildman–Crippen MR) is 90.1 cm³/mol. The first-order chi connectivity index (χ1) is 10.6. The van der Waals surface area contributed by atoms with Gasteiger partial charge in [0.25, 0.3) is 0 Å². The van der Waals surface area contributed by atoms with E-state index >= 15 is 0 Å². The van der Waals surface area contributed by atoms with E-state index in [1.807, 2.05) is 30.3 Å². The first kappa shape index (κ1) is 15.1. The predicted octanol–water partition coefficient (Wildman–Crippen LogP) is 5.21. The maximum absolute atomic E-state index is 12.6. The molecule has 4 heteroatoms. The fourth-order valence-corrected chi connectivity index (χ4v) is 2.93. The van der Waals surface area contributed by atoms with Gasteiger partial charge in [-0.05, 0) is 60.4 Å². The molecular formula is C18H14Cl2O2. The smallest absolute Gasteiger partial charge is 0.189 e. The molecule has 0 heterocycles. The summed E-state index contributed by atoms with van der Waals surface area (Å²) in [6.45, 7) is 0. The van der Waals surface area contributed by atoms with E-state index in [9.17, 15) is 4.79 Å².